The van der Waals surface area contributed by atoms with Crippen LogP contribution in [0.2, 0.25) is 5.02 Å². The van der Waals surface area contributed by atoms with Crippen LogP contribution in [0.4, 0.5) is 5.69 Å². The third kappa shape index (κ3) is 3.16. The Kier molecular flexibility index (Phi) is 4.15. The zero-order valence-electron chi connectivity index (χ0n) is 11.0. The molecule has 1 fully saturated rings. The molecule has 1 aromatic rings. The Bertz CT molecular complexity index is 391. The molecule has 1 aliphatic heterocycles. The van der Waals surface area contributed by atoms with Crippen LogP contribution in [0, 0.1) is 0 Å². The first-order chi connectivity index (χ1) is 8.52. The number of anilines is 1. The average Bonchev–Trinajstić information content (AvgIpc) is 2.32. The molecule has 0 spiro atoms. The van der Waals surface area contributed by atoms with Crippen molar-refractivity contribution in [3.05, 3.63) is 29.3 Å². The number of nitrogens with one attached hydrogen (secondary N) is 1. The van der Waals surface area contributed by atoms with Crippen molar-refractivity contribution in [3.63, 3.8) is 0 Å². The lowest BCUT2D eigenvalue weighted by Gasteiger charge is -2.46. The Hall–Kier alpha value is -0.770. The summed E-state index contributed by atoms with van der Waals surface area (Å²) < 4.78 is 0. The second-order valence-corrected chi connectivity index (χ2v) is 5.97. The van der Waals surface area contributed by atoms with Gasteiger partial charge in [-0.15, -0.1) is 0 Å². The fourth-order valence-corrected chi connectivity index (χ4v) is 2.58. The van der Waals surface area contributed by atoms with E-state index in [1.807, 2.05) is 24.3 Å². The summed E-state index contributed by atoms with van der Waals surface area (Å²) in [4.78, 5) is 2.36. The molecule has 4 heteroatoms. The van der Waals surface area contributed by atoms with E-state index < -0.39 is 0 Å². The van der Waals surface area contributed by atoms with E-state index in [0.29, 0.717) is 6.04 Å². The van der Waals surface area contributed by atoms with Gasteiger partial charge in [0.2, 0.25) is 0 Å². The maximum atomic E-state index is 9.18. The van der Waals surface area contributed by atoms with Crippen LogP contribution in [0.15, 0.2) is 24.3 Å². The molecule has 100 valence electrons. The van der Waals surface area contributed by atoms with Gasteiger partial charge in [-0.2, -0.15) is 0 Å². The molecule has 0 radical (unpaired) electrons. The van der Waals surface area contributed by atoms with Gasteiger partial charge in [0.15, 0.2) is 0 Å². The molecule has 1 unspecified atom stereocenters. The number of hydrogen-bond acceptors (Lipinski definition) is 3. The van der Waals surface area contributed by atoms with Gasteiger partial charge in [0.25, 0.3) is 0 Å². The molecule has 2 rings (SSSR count). The van der Waals surface area contributed by atoms with Crippen LogP contribution in [0.5, 0.6) is 0 Å². The number of halogens is 1. The van der Waals surface area contributed by atoms with E-state index in [1.54, 1.807) is 0 Å². The summed E-state index contributed by atoms with van der Waals surface area (Å²) in [6, 6.07) is 8.27. The predicted octanol–water partition coefficient (Wildman–Crippen LogP) is 2.28. The molecule has 18 heavy (non-hydrogen) atoms. The van der Waals surface area contributed by atoms with Crippen molar-refractivity contribution in [1.29, 1.82) is 0 Å². The van der Waals surface area contributed by atoms with Crippen LogP contribution in [-0.2, 0) is 0 Å². The first kappa shape index (κ1) is 13.7. The minimum Gasteiger partial charge on any atom is -0.396 e. The summed E-state index contributed by atoms with van der Waals surface area (Å²) in [5, 5.41) is 13.5. The highest BCUT2D eigenvalue weighted by Gasteiger charge is 2.32. The van der Waals surface area contributed by atoms with Gasteiger partial charge in [0, 0.05) is 42.0 Å². The van der Waals surface area contributed by atoms with Gasteiger partial charge in [0.1, 0.15) is 0 Å². The van der Waals surface area contributed by atoms with Crippen LogP contribution in [0.1, 0.15) is 20.3 Å². The minimum absolute atomic E-state index is 0.0889. The van der Waals surface area contributed by atoms with Crippen LogP contribution in [0.3, 0.4) is 0 Å². The van der Waals surface area contributed by atoms with Gasteiger partial charge >= 0.3 is 0 Å². The number of piperazine rings is 1. The van der Waals surface area contributed by atoms with Crippen LogP contribution in [-0.4, -0.2) is 36.4 Å². The summed E-state index contributed by atoms with van der Waals surface area (Å²) >= 11 is 5.93. The van der Waals surface area contributed by atoms with E-state index >= 15 is 0 Å². The highest BCUT2D eigenvalue weighted by atomic mass is 35.5. The summed E-state index contributed by atoms with van der Waals surface area (Å²) in [6.45, 7) is 6.45. The van der Waals surface area contributed by atoms with Crippen LogP contribution < -0.4 is 10.2 Å². The Labute approximate surface area is 114 Å². The third-order valence-electron chi connectivity index (χ3n) is 3.44. The molecule has 0 saturated carbocycles. The lowest BCUT2D eigenvalue weighted by atomic mass is 9.96. The van der Waals surface area contributed by atoms with E-state index in [0.717, 1.165) is 24.5 Å². The summed E-state index contributed by atoms with van der Waals surface area (Å²) in [5.41, 5.74) is 1.26. The molecule has 1 aromatic carbocycles. The quantitative estimate of drug-likeness (QED) is 0.883. The highest BCUT2D eigenvalue weighted by Crippen LogP contribution is 2.26. The Morgan fingerprint density at radius 1 is 1.39 bits per heavy atom. The van der Waals surface area contributed by atoms with E-state index in [1.165, 1.54) is 5.69 Å². The molecule has 0 amide bonds. The molecule has 1 aliphatic rings. The SMILES string of the molecule is CC1(C)CN(c2ccc(Cl)cc2)C(CCO)CN1. The molecule has 0 aliphatic carbocycles. The first-order valence-corrected chi connectivity index (χ1v) is 6.78. The number of nitrogens with zero attached hydrogens (tertiary/aromatic N) is 1. The number of rotatable bonds is 3. The van der Waals surface area contributed by atoms with Gasteiger partial charge in [-0.1, -0.05) is 11.6 Å². The zero-order chi connectivity index (χ0) is 13.2. The van der Waals surface area contributed by atoms with E-state index in [-0.39, 0.29) is 12.1 Å². The van der Waals surface area contributed by atoms with Crippen molar-refractivity contribution in [3.8, 4) is 0 Å². The number of hydrogen-bond donors (Lipinski definition) is 2. The zero-order valence-corrected chi connectivity index (χ0v) is 11.7. The molecule has 1 saturated heterocycles. The highest BCUT2D eigenvalue weighted by molar-refractivity contribution is 6.30. The number of aliphatic hydroxyl groups is 1. The average molecular weight is 269 g/mol. The normalized spacial score (nSPS) is 23.1. The van der Waals surface area contributed by atoms with E-state index in [4.69, 9.17) is 11.6 Å². The monoisotopic (exact) mass is 268 g/mol. The van der Waals surface area contributed by atoms with Gasteiger partial charge in [-0.3, -0.25) is 0 Å². The van der Waals surface area contributed by atoms with Gasteiger partial charge in [0.05, 0.1) is 0 Å². The largest absolute Gasteiger partial charge is 0.396 e. The Morgan fingerprint density at radius 3 is 2.67 bits per heavy atom. The second kappa shape index (κ2) is 5.47. The number of aliphatic hydroxyl groups excluding tert-OH is 1. The third-order valence-corrected chi connectivity index (χ3v) is 3.70. The van der Waals surface area contributed by atoms with Gasteiger partial charge < -0.3 is 15.3 Å². The van der Waals surface area contributed by atoms with Crippen molar-refractivity contribution in [2.75, 3.05) is 24.6 Å². The fraction of sp³-hybridized carbons (Fsp3) is 0.571. The first-order valence-electron chi connectivity index (χ1n) is 6.40. The van der Waals surface area contributed by atoms with Crippen LogP contribution >= 0.6 is 11.6 Å². The lowest BCUT2D eigenvalue weighted by molar-refractivity contribution is 0.241. The molecule has 1 heterocycles. The van der Waals surface area contributed by atoms with Crippen molar-refractivity contribution in [2.45, 2.75) is 31.8 Å². The van der Waals surface area contributed by atoms with E-state index in [2.05, 4.69) is 24.1 Å². The molecular formula is C14H21ClN2O. The standard InChI is InChI=1S/C14H21ClN2O/c1-14(2)10-17(13(7-8-18)9-16-14)12-5-3-11(15)4-6-12/h3-6,13,16,18H,7-10H2,1-2H3. The fourth-order valence-electron chi connectivity index (χ4n) is 2.46. The molecule has 2 N–H and O–H groups in total. The lowest BCUT2D eigenvalue weighted by Crippen LogP contribution is -2.62. The van der Waals surface area contributed by atoms with Gasteiger partial charge in [-0.25, -0.2) is 0 Å². The molecule has 3 nitrogen and oxygen atoms in total. The van der Waals surface area contributed by atoms with Crippen molar-refractivity contribution in [2.24, 2.45) is 0 Å². The minimum atomic E-state index is 0.0889. The molecular weight excluding hydrogens is 248 g/mol. The van der Waals surface area contributed by atoms with Crippen molar-refractivity contribution >= 4 is 17.3 Å². The smallest absolute Gasteiger partial charge is 0.0451 e. The summed E-state index contributed by atoms with van der Waals surface area (Å²) in [5.74, 6) is 0. The molecule has 0 bridgehead atoms. The maximum Gasteiger partial charge on any atom is 0.0451 e. The van der Waals surface area contributed by atoms with Crippen molar-refractivity contribution in [1.82, 2.24) is 5.32 Å². The topological polar surface area (TPSA) is 35.5 Å². The Morgan fingerprint density at radius 2 is 2.06 bits per heavy atom. The van der Waals surface area contributed by atoms with Crippen molar-refractivity contribution < 1.29 is 5.11 Å². The predicted molar refractivity (Wildman–Crippen MR) is 76.4 cm³/mol. The van der Waals surface area contributed by atoms with E-state index in [9.17, 15) is 5.11 Å². The maximum absolute atomic E-state index is 9.18. The molecule has 0 aromatic heterocycles. The summed E-state index contributed by atoms with van der Waals surface area (Å²) in [6.07, 6.45) is 0.783. The number of benzene rings is 1. The van der Waals surface area contributed by atoms with Gasteiger partial charge in [-0.05, 0) is 44.5 Å². The Balaban J connectivity index is 2.21. The second-order valence-electron chi connectivity index (χ2n) is 5.54. The van der Waals surface area contributed by atoms with Crippen LogP contribution in [0.25, 0.3) is 0 Å². The molecule has 1 atom stereocenters. The summed E-state index contributed by atoms with van der Waals surface area (Å²) in [7, 11) is 0.